The number of hydrogen-bond donors (Lipinski definition) is 4. The molecule has 0 saturated heterocycles. The summed E-state index contributed by atoms with van der Waals surface area (Å²) in [5.74, 6) is -0.426. The molecule has 0 fully saturated rings. The first-order chi connectivity index (χ1) is 10.0. The van der Waals surface area contributed by atoms with Gasteiger partial charge in [0.2, 0.25) is 0 Å². The molecule has 0 heterocycles. The Labute approximate surface area is 131 Å². The molecule has 4 N–H and O–H groups in total. The van der Waals surface area contributed by atoms with Crippen molar-refractivity contribution in [2.45, 2.75) is 20.3 Å². The molecule has 1 unspecified atom stereocenters. The molecule has 0 bridgehead atoms. The zero-order valence-corrected chi connectivity index (χ0v) is 14.7. The summed E-state index contributed by atoms with van der Waals surface area (Å²) in [6, 6.07) is 5.64. The predicted molar refractivity (Wildman–Crippen MR) is 79.5 cm³/mol. The van der Waals surface area contributed by atoms with Gasteiger partial charge in [-0.2, -0.15) is 8.42 Å². The van der Waals surface area contributed by atoms with Gasteiger partial charge in [0.15, 0.2) is 0 Å². The Morgan fingerprint density at radius 1 is 1.41 bits per heavy atom. The number of benzene rings is 1. The van der Waals surface area contributed by atoms with Gasteiger partial charge in [0.05, 0.1) is 5.75 Å². The molecule has 9 nitrogen and oxygen atoms in total. The van der Waals surface area contributed by atoms with Crippen LogP contribution in [-0.2, 0) is 22.5 Å². The summed E-state index contributed by atoms with van der Waals surface area (Å²) in [4.78, 5) is 10.7. The molecule has 1 aromatic rings. The van der Waals surface area contributed by atoms with Gasteiger partial charge in [0.1, 0.15) is 0 Å². The first-order valence-electron chi connectivity index (χ1n) is 6.01. The quantitative estimate of drug-likeness (QED) is 0.234. The van der Waals surface area contributed by atoms with Crippen LogP contribution in [-0.4, -0.2) is 48.2 Å². The third kappa shape index (κ3) is 8.98. The van der Waals surface area contributed by atoms with Crippen LogP contribution in [0.5, 0.6) is 0 Å². The number of amides is 1. The van der Waals surface area contributed by atoms with Crippen molar-refractivity contribution in [2.75, 3.05) is 11.1 Å². The van der Waals surface area contributed by atoms with Gasteiger partial charge in [-0.15, -0.1) is 0 Å². The Morgan fingerprint density at radius 3 is 2.36 bits per heavy atom. The molecule has 1 atom stereocenters. The van der Waals surface area contributed by atoms with Crippen molar-refractivity contribution < 1.29 is 34.7 Å². The van der Waals surface area contributed by atoms with Gasteiger partial charge < -0.3 is 0 Å². The molecular formula is C11H18AsNO8S. The van der Waals surface area contributed by atoms with E-state index in [0.29, 0.717) is 12.1 Å². The van der Waals surface area contributed by atoms with Gasteiger partial charge in [0.25, 0.3) is 10.1 Å². The van der Waals surface area contributed by atoms with Crippen LogP contribution in [0.15, 0.2) is 24.3 Å². The van der Waals surface area contributed by atoms with Crippen molar-refractivity contribution in [3.05, 3.63) is 24.3 Å². The molecule has 0 aliphatic heterocycles. The van der Waals surface area contributed by atoms with Crippen LogP contribution in [0.3, 0.4) is 0 Å². The number of anilines is 1. The van der Waals surface area contributed by atoms with Crippen LogP contribution in [0.2, 0.25) is 0 Å². The van der Waals surface area contributed by atoms with Crippen molar-refractivity contribution in [3.8, 4) is 0 Å². The minimum atomic E-state index is -4.83. The fraction of sp³-hybridized carbons (Fsp3) is 0.364. The average Bonchev–Trinajstić information content (AvgIpc) is 2.37. The second-order valence-electron chi connectivity index (χ2n) is 4.12. The number of carbonyl (C=O) groups is 1. The fourth-order valence-corrected chi connectivity index (χ4v) is 3.19. The van der Waals surface area contributed by atoms with Crippen LogP contribution >= 0.6 is 0 Å². The summed E-state index contributed by atoms with van der Waals surface area (Å²) in [7, 11) is -3.67. The molecule has 0 aliphatic carbocycles. The smallest absolute Gasteiger partial charge is 0.264 e. The normalized spacial score (nSPS) is 13.5. The summed E-state index contributed by atoms with van der Waals surface area (Å²) in [6.07, 6.45) is 0.471. The van der Waals surface area contributed by atoms with Crippen LogP contribution < -0.4 is 9.67 Å². The number of nitrogens with one attached hydrogen (secondary N) is 1. The molecule has 0 radical (unpaired) electrons. The van der Waals surface area contributed by atoms with Crippen LogP contribution in [0.4, 0.5) is 5.69 Å². The number of rotatable bonds is 5. The maximum Gasteiger partial charge on any atom is 0.264 e. The van der Waals surface area contributed by atoms with Crippen molar-refractivity contribution in [2.24, 2.45) is 0 Å². The van der Waals surface area contributed by atoms with Crippen LogP contribution in [0.1, 0.15) is 20.3 Å². The first kappa shape index (κ1) is 20.8. The van der Waals surface area contributed by atoms with E-state index in [1.54, 1.807) is 13.0 Å². The summed E-state index contributed by atoms with van der Waals surface area (Å²) >= 11 is -4.83. The van der Waals surface area contributed by atoms with Crippen molar-refractivity contribution in [3.63, 3.8) is 0 Å². The first-order valence-corrected chi connectivity index (χ1v) is 10.9. The van der Waals surface area contributed by atoms with E-state index in [1.807, 2.05) is 0 Å². The summed E-state index contributed by atoms with van der Waals surface area (Å²) < 4.78 is 51.5. The van der Waals surface area contributed by atoms with Crippen molar-refractivity contribution in [1.29, 1.82) is 0 Å². The van der Waals surface area contributed by atoms with Gasteiger partial charge in [-0.25, -0.2) is 0 Å². The molecule has 11 heteroatoms. The minimum absolute atomic E-state index is 0.0399. The van der Waals surface area contributed by atoms with Gasteiger partial charge in [-0.1, -0.05) is 6.92 Å². The third-order valence-corrected chi connectivity index (χ3v) is 5.41. The van der Waals surface area contributed by atoms with E-state index in [0.717, 1.165) is 0 Å². The minimum Gasteiger partial charge on any atom is -0.286 e. The van der Waals surface area contributed by atoms with E-state index in [4.69, 9.17) is 9.81 Å². The maximum absolute atomic E-state index is 11.3. The Hall–Kier alpha value is -1.16. The Bertz CT molecular complexity index is 645. The van der Waals surface area contributed by atoms with Crippen LogP contribution in [0, 0.1) is 0 Å². The molecule has 0 aliphatic rings. The van der Waals surface area contributed by atoms with Gasteiger partial charge in [-0.3, -0.25) is 4.55 Å². The Kier molecular flexibility index (Phi) is 8.60. The summed E-state index contributed by atoms with van der Waals surface area (Å²) in [6.45, 7) is 3.01. The molecule has 1 rings (SSSR count). The fourth-order valence-electron chi connectivity index (χ4n) is 1.27. The van der Waals surface area contributed by atoms with Crippen molar-refractivity contribution >= 4 is 40.2 Å². The molecular weight excluding hydrogens is 381 g/mol. The molecule has 0 spiro atoms. The Balaban J connectivity index is 0.000000534. The molecule has 1 aromatic carbocycles. The standard InChI is InChI=1S/C8H10AsNO5.C3H8O3S/c1-6(11)10-8-4-2-3-7(5-8)9(12,13)15-14;1-2-3-7(4,5)6/h2-5,14H,1H3,(H,10,11)(H,12,13);2-3H2,1H3,(H,4,5,6). The zero-order chi connectivity index (χ0) is 17.4. The zero-order valence-electron chi connectivity index (χ0n) is 12.0. The summed E-state index contributed by atoms with van der Waals surface area (Å²) in [5, 5.41) is 10.7. The monoisotopic (exact) mass is 399 g/mol. The van der Waals surface area contributed by atoms with Gasteiger partial charge in [0, 0.05) is 0 Å². The maximum atomic E-state index is 11.3. The second kappa shape index (κ2) is 9.08. The van der Waals surface area contributed by atoms with Crippen molar-refractivity contribution in [1.82, 2.24) is 0 Å². The molecule has 1 amide bonds. The molecule has 126 valence electrons. The van der Waals surface area contributed by atoms with E-state index >= 15 is 0 Å². The Morgan fingerprint density at radius 2 is 2.00 bits per heavy atom. The molecule has 0 saturated carbocycles. The largest absolute Gasteiger partial charge is 0.286 e. The van der Waals surface area contributed by atoms with E-state index in [-0.39, 0.29) is 16.0 Å². The van der Waals surface area contributed by atoms with Gasteiger partial charge >= 0.3 is 88.4 Å². The third-order valence-electron chi connectivity index (χ3n) is 2.07. The average molecular weight is 399 g/mol. The van der Waals surface area contributed by atoms with E-state index < -0.39 is 24.3 Å². The number of carbonyl (C=O) groups excluding carboxylic acids is 1. The SMILES string of the molecule is CC(=O)Nc1cccc([As](=O)(O)OO)c1.CCCS(=O)(=O)O. The van der Waals surface area contributed by atoms with Gasteiger partial charge in [-0.05, 0) is 6.42 Å². The summed E-state index contributed by atoms with van der Waals surface area (Å²) in [5.41, 5.74) is 0.368. The number of hydrogen-bond acceptors (Lipinski definition) is 6. The molecule has 22 heavy (non-hydrogen) atoms. The van der Waals surface area contributed by atoms with E-state index in [1.165, 1.54) is 25.1 Å². The predicted octanol–water partition coefficient (Wildman–Crippen LogP) is -0.0125. The van der Waals surface area contributed by atoms with Crippen LogP contribution in [0.25, 0.3) is 0 Å². The van der Waals surface area contributed by atoms with E-state index in [2.05, 4.69) is 9.19 Å². The molecule has 0 aromatic heterocycles. The second-order valence-corrected chi connectivity index (χ2v) is 9.30. The topological polar surface area (TPSA) is 150 Å². The van der Waals surface area contributed by atoms with E-state index in [9.17, 15) is 21.0 Å².